The van der Waals surface area contributed by atoms with Crippen LogP contribution < -0.4 is 4.90 Å². The number of nitro benzene ring substituents is 1. The zero-order valence-electron chi connectivity index (χ0n) is 10.5. The molecule has 0 bridgehead atoms. The van der Waals surface area contributed by atoms with Gasteiger partial charge in [-0.25, -0.2) is 0 Å². The Morgan fingerprint density at radius 2 is 1.95 bits per heavy atom. The number of hydrogen-bond acceptors (Lipinski definition) is 4. The summed E-state index contributed by atoms with van der Waals surface area (Å²) in [5, 5.41) is 10.8. The molecule has 0 N–H and O–H groups in total. The minimum atomic E-state index is -0.500. The molecule has 1 aliphatic heterocycles. The van der Waals surface area contributed by atoms with Crippen molar-refractivity contribution in [2.75, 3.05) is 31.1 Å². The van der Waals surface area contributed by atoms with E-state index in [1.54, 1.807) is 24.0 Å². The Bertz CT molecular complexity index is 513. The molecule has 2 rings (SSSR count). The minimum Gasteiger partial charge on any atom is -0.368 e. The summed E-state index contributed by atoms with van der Waals surface area (Å²) in [5.74, 6) is 0.0707. The van der Waals surface area contributed by atoms with E-state index < -0.39 is 4.92 Å². The summed E-state index contributed by atoms with van der Waals surface area (Å²) in [6, 6.07) is 4.70. The van der Waals surface area contributed by atoms with Gasteiger partial charge in [0.15, 0.2) is 0 Å². The molecule has 1 fully saturated rings. The Balaban J connectivity index is 2.10. The lowest BCUT2D eigenvalue weighted by atomic mass is 10.2. The van der Waals surface area contributed by atoms with Crippen LogP contribution in [0.1, 0.15) is 6.92 Å². The van der Waals surface area contributed by atoms with Gasteiger partial charge >= 0.3 is 0 Å². The van der Waals surface area contributed by atoms with Gasteiger partial charge in [0.05, 0.1) is 4.92 Å². The predicted octanol–water partition coefficient (Wildman–Crippen LogP) is 1.92. The predicted molar refractivity (Wildman–Crippen MR) is 72.6 cm³/mol. The first-order chi connectivity index (χ1) is 8.99. The molecular formula is C12H14ClN3O3. The summed E-state index contributed by atoms with van der Waals surface area (Å²) in [6.07, 6.45) is 0. The van der Waals surface area contributed by atoms with Gasteiger partial charge in [0.2, 0.25) is 5.91 Å². The molecule has 1 aliphatic rings. The van der Waals surface area contributed by atoms with E-state index in [0.29, 0.717) is 26.2 Å². The molecule has 0 spiro atoms. The number of halogens is 1. The molecule has 19 heavy (non-hydrogen) atoms. The van der Waals surface area contributed by atoms with Crippen molar-refractivity contribution in [3.05, 3.63) is 33.3 Å². The van der Waals surface area contributed by atoms with Gasteiger partial charge in [0.1, 0.15) is 5.02 Å². The zero-order chi connectivity index (χ0) is 14.0. The van der Waals surface area contributed by atoms with Crippen LogP contribution in [0.2, 0.25) is 5.02 Å². The second kappa shape index (κ2) is 5.44. The number of hydrogen-bond donors (Lipinski definition) is 0. The third-order valence-electron chi connectivity index (χ3n) is 3.22. The van der Waals surface area contributed by atoms with Crippen LogP contribution in [0.25, 0.3) is 0 Å². The van der Waals surface area contributed by atoms with E-state index in [2.05, 4.69) is 4.90 Å². The Morgan fingerprint density at radius 3 is 2.42 bits per heavy atom. The van der Waals surface area contributed by atoms with Crippen LogP contribution in [0.3, 0.4) is 0 Å². The van der Waals surface area contributed by atoms with Gasteiger partial charge in [-0.05, 0) is 12.1 Å². The molecule has 102 valence electrons. The van der Waals surface area contributed by atoms with E-state index in [1.165, 1.54) is 6.07 Å². The van der Waals surface area contributed by atoms with Crippen molar-refractivity contribution in [2.24, 2.45) is 0 Å². The van der Waals surface area contributed by atoms with Gasteiger partial charge in [-0.2, -0.15) is 0 Å². The van der Waals surface area contributed by atoms with Crippen molar-refractivity contribution >= 4 is 28.9 Å². The van der Waals surface area contributed by atoms with E-state index >= 15 is 0 Å². The zero-order valence-corrected chi connectivity index (χ0v) is 11.3. The van der Waals surface area contributed by atoms with E-state index in [0.717, 1.165) is 5.69 Å². The molecule has 0 atom stereocenters. The Hall–Kier alpha value is -1.82. The molecule has 0 saturated carbocycles. The fraction of sp³-hybridized carbons (Fsp3) is 0.417. The quantitative estimate of drug-likeness (QED) is 0.614. The lowest BCUT2D eigenvalue weighted by molar-refractivity contribution is -0.384. The molecule has 0 unspecified atom stereocenters. The van der Waals surface area contributed by atoms with Gasteiger partial charge < -0.3 is 9.80 Å². The van der Waals surface area contributed by atoms with E-state index in [9.17, 15) is 14.9 Å². The summed E-state index contributed by atoms with van der Waals surface area (Å²) < 4.78 is 0. The Morgan fingerprint density at radius 1 is 1.32 bits per heavy atom. The SMILES string of the molecule is CC(=O)N1CCN(c2ccc([N+](=O)[O-])c(Cl)c2)CC1. The normalized spacial score (nSPS) is 15.5. The molecule has 0 aliphatic carbocycles. The average molecular weight is 284 g/mol. The molecule has 0 radical (unpaired) electrons. The monoisotopic (exact) mass is 283 g/mol. The Kier molecular flexibility index (Phi) is 3.90. The molecule has 0 aromatic heterocycles. The van der Waals surface area contributed by atoms with Crippen LogP contribution in [-0.4, -0.2) is 41.9 Å². The number of carbonyl (C=O) groups excluding carboxylic acids is 1. The van der Waals surface area contributed by atoms with Crippen LogP contribution in [0.5, 0.6) is 0 Å². The first kappa shape index (κ1) is 13.6. The third-order valence-corrected chi connectivity index (χ3v) is 3.52. The number of amides is 1. The van der Waals surface area contributed by atoms with Gasteiger partial charge in [0, 0.05) is 44.9 Å². The van der Waals surface area contributed by atoms with Crippen LogP contribution in [0, 0.1) is 10.1 Å². The smallest absolute Gasteiger partial charge is 0.288 e. The summed E-state index contributed by atoms with van der Waals surface area (Å²) in [6.45, 7) is 4.27. The van der Waals surface area contributed by atoms with E-state index in [-0.39, 0.29) is 16.6 Å². The highest BCUT2D eigenvalue weighted by molar-refractivity contribution is 6.32. The number of benzene rings is 1. The van der Waals surface area contributed by atoms with Crippen molar-refractivity contribution in [1.82, 2.24) is 4.90 Å². The molecule has 6 nitrogen and oxygen atoms in total. The standard InChI is InChI=1S/C12H14ClN3O3/c1-9(17)14-4-6-15(7-5-14)10-2-3-12(16(18)19)11(13)8-10/h2-3,8H,4-7H2,1H3. The fourth-order valence-electron chi connectivity index (χ4n) is 2.12. The molecule has 1 heterocycles. The number of rotatable bonds is 2. The van der Waals surface area contributed by atoms with Crippen molar-refractivity contribution < 1.29 is 9.72 Å². The van der Waals surface area contributed by atoms with Gasteiger partial charge in [-0.3, -0.25) is 14.9 Å². The fourth-order valence-corrected chi connectivity index (χ4v) is 2.36. The van der Waals surface area contributed by atoms with Crippen LogP contribution in [0.4, 0.5) is 11.4 Å². The first-order valence-corrected chi connectivity index (χ1v) is 6.31. The number of nitro groups is 1. The largest absolute Gasteiger partial charge is 0.368 e. The molecule has 1 saturated heterocycles. The van der Waals surface area contributed by atoms with Crippen molar-refractivity contribution in [3.63, 3.8) is 0 Å². The maximum atomic E-state index is 11.2. The number of piperazine rings is 1. The van der Waals surface area contributed by atoms with Gasteiger partial charge in [-0.15, -0.1) is 0 Å². The van der Waals surface area contributed by atoms with Crippen LogP contribution in [-0.2, 0) is 4.79 Å². The van der Waals surface area contributed by atoms with E-state index in [1.807, 2.05) is 0 Å². The van der Waals surface area contributed by atoms with Crippen LogP contribution >= 0.6 is 11.6 Å². The minimum absolute atomic E-state index is 0.0707. The molecule has 7 heteroatoms. The second-order valence-corrected chi connectivity index (χ2v) is 4.79. The number of anilines is 1. The highest BCUT2D eigenvalue weighted by atomic mass is 35.5. The maximum absolute atomic E-state index is 11.2. The summed E-state index contributed by atoms with van der Waals surface area (Å²) in [4.78, 5) is 25.3. The highest BCUT2D eigenvalue weighted by Gasteiger charge is 2.20. The van der Waals surface area contributed by atoms with Crippen molar-refractivity contribution in [2.45, 2.75) is 6.92 Å². The lowest BCUT2D eigenvalue weighted by Crippen LogP contribution is -2.48. The number of nitrogens with zero attached hydrogens (tertiary/aromatic N) is 3. The van der Waals surface area contributed by atoms with Crippen LogP contribution in [0.15, 0.2) is 18.2 Å². The van der Waals surface area contributed by atoms with Crippen molar-refractivity contribution in [1.29, 1.82) is 0 Å². The maximum Gasteiger partial charge on any atom is 0.288 e. The molecule has 1 amide bonds. The second-order valence-electron chi connectivity index (χ2n) is 4.39. The first-order valence-electron chi connectivity index (χ1n) is 5.93. The van der Waals surface area contributed by atoms with E-state index in [4.69, 9.17) is 11.6 Å². The summed E-state index contributed by atoms with van der Waals surface area (Å²) in [5.41, 5.74) is 0.756. The molecule has 1 aromatic carbocycles. The molecular weight excluding hydrogens is 270 g/mol. The van der Waals surface area contributed by atoms with Gasteiger partial charge in [-0.1, -0.05) is 11.6 Å². The average Bonchev–Trinajstić information content (AvgIpc) is 2.38. The lowest BCUT2D eigenvalue weighted by Gasteiger charge is -2.35. The topological polar surface area (TPSA) is 66.7 Å². The van der Waals surface area contributed by atoms with Crippen molar-refractivity contribution in [3.8, 4) is 0 Å². The Labute approximate surface area is 115 Å². The third kappa shape index (κ3) is 2.96. The summed E-state index contributed by atoms with van der Waals surface area (Å²) >= 11 is 5.89. The number of carbonyl (C=O) groups is 1. The summed E-state index contributed by atoms with van der Waals surface area (Å²) in [7, 11) is 0. The molecule has 1 aromatic rings. The highest BCUT2D eigenvalue weighted by Crippen LogP contribution is 2.29. The van der Waals surface area contributed by atoms with Gasteiger partial charge in [0.25, 0.3) is 5.69 Å².